The Bertz CT molecular complexity index is 101. The Morgan fingerprint density at radius 1 is 0.500 bits per heavy atom. The van der Waals surface area contributed by atoms with Gasteiger partial charge in [0.2, 0.25) is 0 Å². The highest BCUT2D eigenvalue weighted by atomic mass is 16.3. The summed E-state index contributed by atoms with van der Waals surface area (Å²) in [4.78, 5) is 0. The number of hydrogen-bond donors (Lipinski definition) is 4. The maximum Gasteiger partial charge on any atom is 0.0513 e. The minimum absolute atomic E-state index is 0.274. The van der Waals surface area contributed by atoms with Crippen molar-refractivity contribution in [1.82, 2.24) is 0 Å². The lowest BCUT2D eigenvalue weighted by Crippen LogP contribution is -2.06. The maximum atomic E-state index is 8.69. The zero-order valence-corrected chi connectivity index (χ0v) is 10.9. The maximum absolute atomic E-state index is 8.69. The lowest BCUT2D eigenvalue weighted by atomic mass is 10.1. The van der Waals surface area contributed by atoms with Gasteiger partial charge in [0.25, 0.3) is 0 Å². The summed E-state index contributed by atoms with van der Waals surface area (Å²) in [6.45, 7) is 6.90. The molecule has 4 atom stereocenters. The van der Waals surface area contributed by atoms with E-state index >= 15 is 0 Å². The second-order valence-corrected chi connectivity index (χ2v) is 4.55. The Morgan fingerprint density at radius 3 is 0.688 bits per heavy atom. The zero-order chi connectivity index (χ0) is 13.1. The molecule has 4 nitrogen and oxygen atoms in total. The van der Waals surface area contributed by atoms with Crippen LogP contribution in [0.3, 0.4) is 0 Å². The molecule has 4 heteroatoms. The van der Waals surface area contributed by atoms with Crippen molar-refractivity contribution in [3.05, 3.63) is 0 Å². The quantitative estimate of drug-likeness (QED) is 0.556. The first kappa shape index (κ1) is 18.2. The first-order valence-corrected chi connectivity index (χ1v) is 5.98. The fraction of sp³-hybridized carbons (Fsp3) is 1.00. The Labute approximate surface area is 98.9 Å². The Morgan fingerprint density at radius 2 is 0.625 bits per heavy atom. The molecule has 0 bridgehead atoms. The van der Waals surface area contributed by atoms with Crippen LogP contribution in [-0.4, -0.2) is 44.8 Å². The molecule has 16 heavy (non-hydrogen) atoms. The molecule has 0 aromatic heterocycles. The van der Waals surface area contributed by atoms with E-state index in [-0.39, 0.29) is 24.4 Å². The SMILES string of the molecule is CC(O)CCC(C)O.CC(O)CCC(C)O. The van der Waals surface area contributed by atoms with E-state index in [1.54, 1.807) is 27.7 Å². The van der Waals surface area contributed by atoms with Crippen LogP contribution in [0.1, 0.15) is 53.4 Å². The van der Waals surface area contributed by atoms with Gasteiger partial charge in [0.15, 0.2) is 0 Å². The highest BCUT2D eigenvalue weighted by molar-refractivity contribution is 4.51. The Kier molecular flexibility index (Phi) is 12.9. The van der Waals surface area contributed by atoms with Gasteiger partial charge >= 0.3 is 0 Å². The number of aliphatic hydroxyl groups excluding tert-OH is 4. The monoisotopic (exact) mass is 236 g/mol. The Balaban J connectivity index is 0. The second-order valence-electron chi connectivity index (χ2n) is 4.55. The largest absolute Gasteiger partial charge is 0.393 e. The van der Waals surface area contributed by atoms with E-state index in [1.807, 2.05) is 0 Å². The van der Waals surface area contributed by atoms with Crippen LogP contribution in [0.4, 0.5) is 0 Å². The van der Waals surface area contributed by atoms with Gasteiger partial charge in [-0.2, -0.15) is 0 Å². The van der Waals surface area contributed by atoms with Crippen molar-refractivity contribution >= 4 is 0 Å². The molecular weight excluding hydrogens is 208 g/mol. The van der Waals surface area contributed by atoms with E-state index in [2.05, 4.69) is 0 Å². The molecule has 0 saturated carbocycles. The average molecular weight is 236 g/mol. The highest BCUT2D eigenvalue weighted by Gasteiger charge is 1.98. The van der Waals surface area contributed by atoms with Gasteiger partial charge in [0, 0.05) is 0 Å². The molecule has 0 radical (unpaired) electrons. The molecule has 0 aliphatic heterocycles. The fourth-order valence-electron chi connectivity index (χ4n) is 0.965. The summed E-state index contributed by atoms with van der Waals surface area (Å²) in [5.74, 6) is 0. The molecular formula is C12H28O4. The van der Waals surface area contributed by atoms with Crippen molar-refractivity contribution < 1.29 is 20.4 Å². The van der Waals surface area contributed by atoms with E-state index in [9.17, 15) is 0 Å². The molecule has 0 aromatic carbocycles. The summed E-state index contributed by atoms with van der Waals surface area (Å²) >= 11 is 0. The molecule has 4 N–H and O–H groups in total. The lowest BCUT2D eigenvalue weighted by Gasteiger charge is -2.04. The van der Waals surface area contributed by atoms with Gasteiger partial charge in [-0.3, -0.25) is 0 Å². The van der Waals surface area contributed by atoms with Crippen LogP contribution in [0.2, 0.25) is 0 Å². The number of aliphatic hydroxyl groups is 4. The highest BCUT2D eigenvalue weighted by Crippen LogP contribution is 1.99. The minimum Gasteiger partial charge on any atom is -0.393 e. The molecule has 100 valence electrons. The van der Waals surface area contributed by atoms with Crippen LogP contribution in [0.15, 0.2) is 0 Å². The van der Waals surface area contributed by atoms with Crippen LogP contribution < -0.4 is 0 Å². The lowest BCUT2D eigenvalue weighted by molar-refractivity contribution is 0.133. The van der Waals surface area contributed by atoms with Crippen molar-refractivity contribution in [2.75, 3.05) is 0 Å². The molecule has 0 heterocycles. The third-order valence-electron chi connectivity index (χ3n) is 2.00. The summed E-state index contributed by atoms with van der Waals surface area (Å²) in [6.07, 6.45) is 1.67. The van der Waals surface area contributed by atoms with Crippen molar-refractivity contribution in [3.63, 3.8) is 0 Å². The van der Waals surface area contributed by atoms with Crippen molar-refractivity contribution in [2.24, 2.45) is 0 Å². The van der Waals surface area contributed by atoms with E-state index in [4.69, 9.17) is 20.4 Å². The van der Waals surface area contributed by atoms with Crippen LogP contribution in [0.25, 0.3) is 0 Å². The van der Waals surface area contributed by atoms with Gasteiger partial charge in [0.05, 0.1) is 24.4 Å². The topological polar surface area (TPSA) is 80.9 Å². The summed E-state index contributed by atoms with van der Waals surface area (Å²) in [5.41, 5.74) is 0. The number of hydrogen-bond acceptors (Lipinski definition) is 4. The van der Waals surface area contributed by atoms with Gasteiger partial charge < -0.3 is 20.4 Å². The first-order chi connectivity index (χ1) is 7.25. The zero-order valence-electron chi connectivity index (χ0n) is 10.9. The van der Waals surface area contributed by atoms with Crippen LogP contribution in [-0.2, 0) is 0 Å². The van der Waals surface area contributed by atoms with Crippen LogP contribution >= 0.6 is 0 Å². The summed E-state index contributed by atoms with van der Waals surface area (Å²) in [5, 5.41) is 34.8. The van der Waals surface area contributed by atoms with Gasteiger partial charge in [-0.25, -0.2) is 0 Å². The summed E-state index contributed by atoms with van der Waals surface area (Å²) < 4.78 is 0. The number of rotatable bonds is 6. The van der Waals surface area contributed by atoms with Crippen molar-refractivity contribution in [3.8, 4) is 0 Å². The minimum atomic E-state index is -0.274. The van der Waals surface area contributed by atoms with Crippen LogP contribution in [0.5, 0.6) is 0 Å². The van der Waals surface area contributed by atoms with Gasteiger partial charge in [-0.1, -0.05) is 0 Å². The van der Waals surface area contributed by atoms with Gasteiger partial charge in [-0.15, -0.1) is 0 Å². The predicted octanol–water partition coefficient (Wildman–Crippen LogP) is 1.06. The molecule has 0 saturated heterocycles. The van der Waals surface area contributed by atoms with E-state index < -0.39 is 0 Å². The van der Waals surface area contributed by atoms with Crippen molar-refractivity contribution in [2.45, 2.75) is 77.8 Å². The third-order valence-corrected chi connectivity index (χ3v) is 2.00. The van der Waals surface area contributed by atoms with Crippen LogP contribution in [0, 0.1) is 0 Å². The van der Waals surface area contributed by atoms with E-state index in [0.29, 0.717) is 25.7 Å². The van der Waals surface area contributed by atoms with E-state index in [1.165, 1.54) is 0 Å². The molecule has 0 aromatic rings. The van der Waals surface area contributed by atoms with Crippen molar-refractivity contribution in [1.29, 1.82) is 0 Å². The standard InChI is InChI=1S/2C6H14O2/c2*1-5(7)3-4-6(2)8/h2*5-8H,3-4H2,1-2H3. The molecule has 0 aliphatic carbocycles. The van der Waals surface area contributed by atoms with E-state index in [0.717, 1.165) is 0 Å². The normalized spacial score (nSPS) is 18.0. The summed E-state index contributed by atoms with van der Waals surface area (Å²) in [7, 11) is 0. The molecule has 0 rings (SSSR count). The first-order valence-electron chi connectivity index (χ1n) is 5.98. The third kappa shape index (κ3) is 23.6. The molecule has 0 fully saturated rings. The smallest absolute Gasteiger partial charge is 0.0513 e. The molecule has 0 spiro atoms. The summed E-state index contributed by atoms with van der Waals surface area (Å²) in [6, 6.07) is 0. The average Bonchev–Trinajstić information content (AvgIpc) is 2.12. The molecule has 0 amide bonds. The van der Waals surface area contributed by atoms with Gasteiger partial charge in [-0.05, 0) is 53.4 Å². The van der Waals surface area contributed by atoms with Gasteiger partial charge in [0.1, 0.15) is 0 Å². The Hall–Kier alpha value is -0.160. The predicted molar refractivity (Wildman–Crippen MR) is 65.2 cm³/mol. The molecule has 4 unspecified atom stereocenters. The fourth-order valence-corrected chi connectivity index (χ4v) is 0.965. The second kappa shape index (κ2) is 11.3. The molecule has 0 aliphatic rings.